The van der Waals surface area contributed by atoms with Gasteiger partial charge in [-0.15, -0.1) is 49.6 Å². The van der Waals surface area contributed by atoms with Gasteiger partial charge in [-0.05, 0) is 0 Å². The molecule has 0 unspecified atom stereocenters. The van der Waals surface area contributed by atoms with Crippen LogP contribution in [0, 0.1) is 0 Å². The third-order valence-electron chi connectivity index (χ3n) is 0.604. The molecule has 0 aliphatic carbocycles. The van der Waals surface area contributed by atoms with Crippen molar-refractivity contribution < 1.29 is 18.9 Å². The fourth-order valence-electron chi connectivity index (χ4n) is 0.250. The molecule has 0 aromatic rings. The van der Waals surface area contributed by atoms with Gasteiger partial charge in [-0.3, -0.25) is 10.2 Å². The van der Waals surface area contributed by atoms with Crippen molar-refractivity contribution in [3.05, 3.63) is 0 Å². The molecule has 0 aliphatic heterocycles. The summed E-state index contributed by atoms with van der Waals surface area (Å²) in [6.45, 7) is 2.22. The van der Waals surface area contributed by atoms with Gasteiger partial charge in [0.15, 0.2) is 0 Å². The van der Waals surface area contributed by atoms with E-state index < -0.39 is 0 Å². The molecule has 0 radical (unpaired) electrons. The van der Waals surface area contributed by atoms with Crippen LogP contribution in [-0.2, 0) is 0 Å². The van der Waals surface area contributed by atoms with Gasteiger partial charge in [-0.1, -0.05) is 19.8 Å². The molecule has 0 saturated carbocycles. The van der Waals surface area contributed by atoms with Crippen LogP contribution in [0.2, 0.25) is 6.04 Å². The maximum Gasteiger partial charge on any atom is 1.00 e. The molecule has 0 nitrogen and oxygen atoms in total. The minimum absolute atomic E-state index is 0. The van der Waals surface area contributed by atoms with Crippen molar-refractivity contribution in [3.8, 4) is 0 Å². The molecular weight excluding hydrogens is 225 g/mol. The minimum Gasteiger partial charge on any atom is -0.296 e. The third-order valence-corrected chi connectivity index (χ3v) is 1.10. The predicted octanol–water partition coefficient (Wildman–Crippen LogP) is -0.471. The van der Waals surface area contributed by atoms with E-state index >= 15 is 0 Å². The molecule has 0 saturated heterocycles. The Bertz CT molecular complexity index is 24.7. The summed E-state index contributed by atoms with van der Waals surface area (Å²) in [5, 5.41) is 0. The number of rotatable bonds is 2. The molecule has 0 fully saturated rings. The maximum absolute atomic E-state index is 2.22. The first-order chi connectivity index (χ1) is 2.41. The zero-order chi connectivity index (χ0) is 4.12. The summed E-state index contributed by atoms with van der Waals surface area (Å²) in [7, 11) is 2.05. The molecular formula is C4H15Cl4LiSi. The van der Waals surface area contributed by atoms with Crippen LogP contribution in [0.3, 0.4) is 0 Å². The number of hydrogen-bond acceptors (Lipinski definition) is 0. The molecule has 64 valence electrons. The molecule has 0 N–H and O–H groups in total. The van der Waals surface area contributed by atoms with Gasteiger partial charge in [0.1, 0.15) is 0 Å². The summed E-state index contributed by atoms with van der Waals surface area (Å²) < 4.78 is 0. The Morgan fingerprint density at radius 1 is 1.00 bits per heavy atom. The number of hydrogen-bond donors (Lipinski definition) is 0. The van der Waals surface area contributed by atoms with Crippen LogP contribution in [-0.4, -0.2) is 10.2 Å². The molecule has 0 bridgehead atoms. The summed E-state index contributed by atoms with van der Waals surface area (Å²) in [5.41, 5.74) is 0. The molecule has 0 amide bonds. The van der Waals surface area contributed by atoms with Crippen LogP contribution >= 0.6 is 49.6 Å². The Morgan fingerprint density at radius 2 is 1.30 bits per heavy atom. The quantitative estimate of drug-likeness (QED) is 0.572. The molecule has 0 aromatic carbocycles. The molecule has 0 spiro atoms. The van der Waals surface area contributed by atoms with Gasteiger partial charge >= 0.3 is 18.9 Å². The predicted molar refractivity (Wildman–Crippen MR) is 57.3 cm³/mol. The molecule has 0 heterocycles. The monoisotopic (exact) mass is 238 g/mol. The Balaban J connectivity index is -0.00000000800. The van der Waals surface area contributed by atoms with Gasteiger partial charge in [0.2, 0.25) is 0 Å². The van der Waals surface area contributed by atoms with Crippen LogP contribution in [0.15, 0.2) is 0 Å². The Labute approximate surface area is 104 Å². The SMILES string of the molecule is CCCC[SiH2-].Cl.Cl.Cl.Cl.[Li+]. The number of halogens is 4. The van der Waals surface area contributed by atoms with Crippen molar-refractivity contribution >= 4 is 59.9 Å². The zero-order valence-corrected chi connectivity index (χ0v) is 11.1. The maximum atomic E-state index is 2.22. The van der Waals surface area contributed by atoms with Gasteiger partial charge < -0.3 is 0 Å². The van der Waals surface area contributed by atoms with Crippen molar-refractivity contribution in [2.45, 2.75) is 25.8 Å². The van der Waals surface area contributed by atoms with E-state index in [2.05, 4.69) is 6.92 Å². The van der Waals surface area contributed by atoms with Gasteiger partial charge in [-0.2, -0.15) is 6.04 Å². The second-order valence-corrected chi connectivity index (χ2v) is 1.91. The molecule has 0 atom stereocenters. The van der Waals surface area contributed by atoms with Gasteiger partial charge in [-0.25, -0.2) is 0 Å². The summed E-state index contributed by atoms with van der Waals surface area (Å²) in [4.78, 5) is 0. The normalized spacial score (nSPS) is 4.20. The van der Waals surface area contributed by atoms with E-state index in [9.17, 15) is 0 Å². The zero-order valence-electron chi connectivity index (χ0n) is 6.46. The first-order valence-corrected chi connectivity index (χ1v) is 3.21. The largest absolute Gasteiger partial charge is 1.00 e. The average molecular weight is 240 g/mol. The van der Waals surface area contributed by atoms with Crippen molar-refractivity contribution in [3.63, 3.8) is 0 Å². The van der Waals surface area contributed by atoms with Crippen molar-refractivity contribution in [1.29, 1.82) is 0 Å². The smallest absolute Gasteiger partial charge is 0.296 e. The molecule has 6 heteroatoms. The molecule has 0 rings (SSSR count). The Hall–Kier alpha value is 1.97. The average Bonchev–Trinajstić information content (AvgIpc) is 1.41. The third kappa shape index (κ3) is 50.9. The van der Waals surface area contributed by atoms with Crippen molar-refractivity contribution in [2.75, 3.05) is 0 Å². The topological polar surface area (TPSA) is 0 Å². The van der Waals surface area contributed by atoms with E-state index in [4.69, 9.17) is 0 Å². The van der Waals surface area contributed by atoms with Gasteiger partial charge in [0.05, 0.1) is 0 Å². The van der Waals surface area contributed by atoms with E-state index in [1.54, 1.807) is 0 Å². The first-order valence-electron chi connectivity index (χ1n) is 2.21. The van der Waals surface area contributed by atoms with Crippen LogP contribution < -0.4 is 18.9 Å². The van der Waals surface area contributed by atoms with Crippen LogP contribution in [0.5, 0.6) is 0 Å². The molecule has 10 heavy (non-hydrogen) atoms. The Morgan fingerprint density at radius 3 is 1.30 bits per heavy atom. The van der Waals surface area contributed by atoms with E-state index in [0.29, 0.717) is 0 Å². The fraction of sp³-hybridized carbons (Fsp3) is 1.00. The molecule has 0 aromatic heterocycles. The van der Waals surface area contributed by atoms with E-state index in [1.807, 2.05) is 10.2 Å². The first kappa shape index (κ1) is 40.4. The standard InChI is InChI=1S/C4H11Si.4ClH.Li/c1-2-3-4-5;;;;;/h2-5H2,1H3;4*1H;/q-1;;;;;+1. The van der Waals surface area contributed by atoms with E-state index in [-0.39, 0.29) is 68.5 Å². The van der Waals surface area contributed by atoms with Crippen LogP contribution in [0.25, 0.3) is 0 Å². The molecule has 0 aliphatic rings. The summed E-state index contributed by atoms with van der Waals surface area (Å²) in [6.07, 6.45) is 2.75. The van der Waals surface area contributed by atoms with Crippen molar-refractivity contribution in [2.24, 2.45) is 0 Å². The van der Waals surface area contributed by atoms with Crippen molar-refractivity contribution in [1.82, 2.24) is 0 Å². The second kappa shape index (κ2) is 44.1. The second-order valence-electron chi connectivity index (χ2n) is 1.21. The Kier molecular flexibility index (Phi) is 178. The van der Waals surface area contributed by atoms with Gasteiger partial charge in [0, 0.05) is 0 Å². The fourth-order valence-corrected chi connectivity index (χ4v) is 0.750. The van der Waals surface area contributed by atoms with E-state index in [1.165, 1.54) is 18.9 Å². The minimum atomic E-state index is 0. The van der Waals surface area contributed by atoms with E-state index in [0.717, 1.165) is 0 Å². The van der Waals surface area contributed by atoms with Gasteiger partial charge in [0.25, 0.3) is 0 Å². The summed E-state index contributed by atoms with van der Waals surface area (Å²) in [5.74, 6) is 0. The van der Waals surface area contributed by atoms with Crippen LogP contribution in [0.1, 0.15) is 19.8 Å². The van der Waals surface area contributed by atoms with Crippen LogP contribution in [0.4, 0.5) is 0 Å². The summed E-state index contributed by atoms with van der Waals surface area (Å²) >= 11 is 0. The summed E-state index contributed by atoms with van der Waals surface area (Å²) in [6, 6.07) is 1.37. The number of unbranched alkanes of at least 4 members (excludes halogenated alkanes) is 1.